The predicted molar refractivity (Wildman–Crippen MR) is 102 cm³/mol. The topological polar surface area (TPSA) is 94.4 Å². The highest BCUT2D eigenvalue weighted by atomic mass is 16.5. The quantitative estimate of drug-likeness (QED) is 0.857. The van der Waals surface area contributed by atoms with Crippen molar-refractivity contribution in [3.8, 4) is 11.9 Å². The number of methoxy groups -OCH3 is 1. The van der Waals surface area contributed by atoms with Crippen LogP contribution in [0.15, 0.2) is 36.5 Å². The first-order valence-corrected chi connectivity index (χ1v) is 8.78. The molecule has 0 aliphatic carbocycles. The van der Waals surface area contributed by atoms with Crippen LogP contribution in [-0.2, 0) is 4.79 Å². The summed E-state index contributed by atoms with van der Waals surface area (Å²) < 4.78 is 5.15. The van der Waals surface area contributed by atoms with E-state index in [-0.39, 0.29) is 11.9 Å². The molecule has 8 nitrogen and oxygen atoms in total. The molecule has 3 rings (SSSR count). The molecule has 140 valence electrons. The first-order valence-electron chi connectivity index (χ1n) is 8.78. The van der Waals surface area contributed by atoms with Crippen molar-refractivity contribution in [1.29, 1.82) is 5.26 Å². The number of carbonyl (C=O) groups excluding carboxylic acids is 1. The zero-order valence-corrected chi connectivity index (χ0v) is 15.4. The lowest BCUT2D eigenvalue weighted by atomic mass is 10.2. The number of carbonyl (C=O) groups is 1. The second kappa shape index (κ2) is 8.47. The number of benzene rings is 1. The van der Waals surface area contributed by atoms with Crippen molar-refractivity contribution in [3.63, 3.8) is 0 Å². The first-order chi connectivity index (χ1) is 13.1. The van der Waals surface area contributed by atoms with Crippen LogP contribution < -0.4 is 15.0 Å². The van der Waals surface area contributed by atoms with Crippen LogP contribution in [0.5, 0.6) is 5.88 Å². The summed E-state index contributed by atoms with van der Waals surface area (Å²) in [6.07, 6.45) is 1.68. The van der Waals surface area contributed by atoms with Crippen LogP contribution in [-0.4, -0.2) is 60.1 Å². The molecule has 1 saturated heterocycles. The summed E-state index contributed by atoms with van der Waals surface area (Å²) >= 11 is 0. The van der Waals surface area contributed by atoms with Gasteiger partial charge in [-0.05, 0) is 25.1 Å². The smallest absolute Gasteiger partial charge is 0.241 e. The molecule has 27 heavy (non-hydrogen) atoms. The lowest BCUT2D eigenvalue weighted by Crippen LogP contribution is -2.53. The number of nitrogens with zero attached hydrogens (tertiary/aromatic N) is 5. The summed E-state index contributed by atoms with van der Waals surface area (Å²) in [6.45, 7) is 4.81. The maximum absolute atomic E-state index is 12.6. The average Bonchev–Trinajstić information content (AvgIpc) is 2.73. The fourth-order valence-electron chi connectivity index (χ4n) is 2.99. The lowest BCUT2D eigenvalue weighted by molar-refractivity contribution is -0.120. The SMILES string of the molecule is COc1ccnc(N2CCN(C(C)C(=O)Nc3cccc(C#N)c3)CC2)n1. The number of hydrogen-bond donors (Lipinski definition) is 1. The van der Waals surface area contributed by atoms with E-state index in [9.17, 15) is 4.79 Å². The maximum Gasteiger partial charge on any atom is 0.241 e. The normalized spacial score (nSPS) is 15.7. The Morgan fingerprint density at radius 2 is 2.07 bits per heavy atom. The van der Waals surface area contributed by atoms with E-state index in [0.29, 0.717) is 23.1 Å². The van der Waals surface area contributed by atoms with Crippen LogP contribution in [0.2, 0.25) is 0 Å². The molecule has 0 bridgehead atoms. The zero-order valence-electron chi connectivity index (χ0n) is 15.4. The Balaban J connectivity index is 1.56. The molecule has 1 aromatic carbocycles. The molecule has 8 heteroatoms. The highest BCUT2D eigenvalue weighted by Gasteiger charge is 2.26. The minimum atomic E-state index is -0.274. The molecule has 1 N–H and O–H groups in total. The highest BCUT2D eigenvalue weighted by molar-refractivity contribution is 5.94. The van der Waals surface area contributed by atoms with Gasteiger partial charge >= 0.3 is 0 Å². The predicted octanol–water partition coefficient (Wildman–Crippen LogP) is 1.51. The third-order valence-corrected chi connectivity index (χ3v) is 4.61. The van der Waals surface area contributed by atoms with Crippen molar-refractivity contribution in [2.24, 2.45) is 0 Å². The van der Waals surface area contributed by atoms with E-state index in [0.717, 1.165) is 26.2 Å². The summed E-state index contributed by atoms with van der Waals surface area (Å²) in [5.74, 6) is 1.09. The molecule has 2 aromatic rings. The van der Waals surface area contributed by atoms with Crippen molar-refractivity contribution < 1.29 is 9.53 Å². The number of anilines is 2. The summed E-state index contributed by atoms with van der Waals surface area (Å²) in [4.78, 5) is 25.4. The zero-order chi connectivity index (χ0) is 19.2. The summed E-state index contributed by atoms with van der Waals surface area (Å²) in [5.41, 5.74) is 1.15. The largest absolute Gasteiger partial charge is 0.481 e. The Kier molecular flexibility index (Phi) is 5.84. The van der Waals surface area contributed by atoms with Gasteiger partial charge < -0.3 is 15.0 Å². The molecule has 1 fully saturated rings. The number of nitrogens with one attached hydrogen (secondary N) is 1. The van der Waals surface area contributed by atoms with Crippen LogP contribution in [0.3, 0.4) is 0 Å². The molecular formula is C19H22N6O2. The number of piperazine rings is 1. The van der Waals surface area contributed by atoms with Gasteiger partial charge in [0.15, 0.2) is 0 Å². The molecule has 1 amide bonds. The number of rotatable bonds is 5. The fraction of sp³-hybridized carbons (Fsp3) is 0.368. The van der Waals surface area contributed by atoms with Crippen molar-refractivity contribution in [2.45, 2.75) is 13.0 Å². The van der Waals surface area contributed by atoms with Gasteiger partial charge in [-0.3, -0.25) is 9.69 Å². The van der Waals surface area contributed by atoms with Gasteiger partial charge in [-0.15, -0.1) is 0 Å². The Morgan fingerprint density at radius 1 is 1.30 bits per heavy atom. The van der Waals surface area contributed by atoms with Gasteiger partial charge in [0.2, 0.25) is 17.7 Å². The van der Waals surface area contributed by atoms with E-state index < -0.39 is 0 Å². The maximum atomic E-state index is 12.6. The monoisotopic (exact) mass is 366 g/mol. The molecule has 1 aliphatic rings. The molecule has 1 unspecified atom stereocenters. The van der Waals surface area contributed by atoms with Crippen LogP contribution >= 0.6 is 0 Å². The number of aromatic nitrogens is 2. The average molecular weight is 366 g/mol. The van der Waals surface area contributed by atoms with Gasteiger partial charge in [0, 0.05) is 44.1 Å². The van der Waals surface area contributed by atoms with Crippen molar-refractivity contribution >= 4 is 17.5 Å². The second-order valence-corrected chi connectivity index (χ2v) is 6.28. The first kappa shape index (κ1) is 18.6. The van der Waals surface area contributed by atoms with Crippen molar-refractivity contribution in [3.05, 3.63) is 42.1 Å². The Morgan fingerprint density at radius 3 is 2.78 bits per heavy atom. The molecule has 0 saturated carbocycles. The van der Waals surface area contributed by atoms with Crippen molar-refractivity contribution in [2.75, 3.05) is 43.5 Å². The van der Waals surface area contributed by atoms with E-state index >= 15 is 0 Å². The molecule has 2 heterocycles. The number of amides is 1. The highest BCUT2D eigenvalue weighted by Crippen LogP contribution is 2.16. The van der Waals surface area contributed by atoms with Crippen LogP contribution in [0, 0.1) is 11.3 Å². The van der Waals surface area contributed by atoms with E-state index in [4.69, 9.17) is 10.00 Å². The third kappa shape index (κ3) is 4.51. The minimum absolute atomic E-state index is 0.0869. The molecule has 0 radical (unpaired) electrons. The molecule has 1 aromatic heterocycles. The van der Waals surface area contributed by atoms with Gasteiger partial charge in [0.1, 0.15) is 0 Å². The van der Waals surface area contributed by atoms with Gasteiger partial charge in [0.05, 0.1) is 24.8 Å². The van der Waals surface area contributed by atoms with Gasteiger partial charge in [-0.1, -0.05) is 6.07 Å². The van der Waals surface area contributed by atoms with Gasteiger partial charge in [-0.2, -0.15) is 10.2 Å². The summed E-state index contributed by atoms with van der Waals surface area (Å²) in [7, 11) is 1.58. The van der Waals surface area contributed by atoms with Gasteiger partial charge in [0.25, 0.3) is 0 Å². The van der Waals surface area contributed by atoms with Crippen LogP contribution in [0.25, 0.3) is 0 Å². The molecule has 1 aliphatic heterocycles. The number of nitriles is 1. The van der Waals surface area contributed by atoms with Crippen LogP contribution in [0.1, 0.15) is 12.5 Å². The third-order valence-electron chi connectivity index (χ3n) is 4.61. The fourth-order valence-corrected chi connectivity index (χ4v) is 2.99. The number of hydrogen-bond acceptors (Lipinski definition) is 7. The number of ether oxygens (including phenoxy) is 1. The Labute approximate surface area is 158 Å². The lowest BCUT2D eigenvalue weighted by Gasteiger charge is -2.37. The minimum Gasteiger partial charge on any atom is -0.481 e. The second-order valence-electron chi connectivity index (χ2n) is 6.28. The van der Waals surface area contributed by atoms with Crippen LogP contribution in [0.4, 0.5) is 11.6 Å². The molecule has 0 spiro atoms. The Hall–Kier alpha value is -3.18. The summed E-state index contributed by atoms with van der Waals surface area (Å²) in [5, 5.41) is 11.9. The summed E-state index contributed by atoms with van der Waals surface area (Å²) in [6, 6.07) is 10.4. The van der Waals surface area contributed by atoms with Gasteiger partial charge in [-0.25, -0.2) is 4.98 Å². The van der Waals surface area contributed by atoms with Crippen molar-refractivity contribution in [1.82, 2.24) is 14.9 Å². The Bertz CT molecular complexity index is 842. The standard InChI is InChI=1S/C19H22N6O2/c1-14(18(26)22-16-5-3-4-15(12-16)13-20)24-8-10-25(11-9-24)19-21-7-6-17(23-19)27-2/h3-7,12,14H,8-11H2,1-2H3,(H,22,26). The van der Waals surface area contributed by atoms with E-state index in [1.54, 1.807) is 43.6 Å². The molecular weight excluding hydrogens is 344 g/mol. The molecule has 1 atom stereocenters. The van der Waals surface area contributed by atoms with E-state index in [2.05, 4.69) is 31.2 Å². The van der Waals surface area contributed by atoms with E-state index in [1.165, 1.54) is 0 Å². The van der Waals surface area contributed by atoms with E-state index in [1.807, 2.05) is 6.92 Å².